The molecule has 0 aliphatic carbocycles. The molecular formula is C9H12N4O. The highest BCUT2D eigenvalue weighted by Crippen LogP contribution is 1.92. The summed E-state index contributed by atoms with van der Waals surface area (Å²) in [5, 5.41) is 9.86. The molecule has 14 heavy (non-hydrogen) atoms. The van der Waals surface area contributed by atoms with Crippen molar-refractivity contribution >= 4 is 5.91 Å². The van der Waals surface area contributed by atoms with E-state index in [4.69, 9.17) is 5.73 Å². The summed E-state index contributed by atoms with van der Waals surface area (Å²) in [5.41, 5.74) is 5.74. The van der Waals surface area contributed by atoms with Crippen molar-refractivity contribution in [2.45, 2.75) is 0 Å². The number of nitrogens with one attached hydrogen (secondary N) is 1. The smallest absolute Gasteiger partial charge is 0.253 e. The second-order valence-corrected chi connectivity index (χ2v) is 2.55. The van der Waals surface area contributed by atoms with Gasteiger partial charge in [0.25, 0.3) is 5.91 Å². The van der Waals surface area contributed by atoms with Gasteiger partial charge in [-0.15, -0.1) is 0 Å². The number of hydrogen-bond donors (Lipinski definition) is 2. The number of nitrogens with two attached hydrogens (primary N) is 1. The monoisotopic (exact) mass is 192 g/mol. The summed E-state index contributed by atoms with van der Waals surface area (Å²) in [6, 6.07) is 1.61. The molecule has 0 bridgehead atoms. The van der Waals surface area contributed by atoms with Gasteiger partial charge in [-0.3, -0.25) is 4.79 Å². The predicted molar refractivity (Wildman–Crippen MR) is 52.6 cm³/mol. The molecule has 1 amide bonds. The van der Waals surface area contributed by atoms with Gasteiger partial charge in [-0.2, -0.15) is 10.2 Å². The third kappa shape index (κ3) is 3.32. The van der Waals surface area contributed by atoms with Crippen LogP contribution in [0.25, 0.3) is 0 Å². The molecule has 0 spiro atoms. The van der Waals surface area contributed by atoms with Gasteiger partial charge in [0.2, 0.25) is 0 Å². The van der Waals surface area contributed by atoms with Gasteiger partial charge in [0.1, 0.15) is 0 Å². The minimum absolute atomic E-state index is 0.165. The molecule has 0 atom stereocenters. The molecule has 1 aromatic heterocycles. The molecule has 1 aromatic rings. The number of carbonyl (C=O) groups excluding carboxylic acids is 1. The van der Waals surface area contributed by atoms with E-state index < -0.39 is 0 Å². The molecule has 5 nitrogen and oxygen atoms in total. The van der Waals surface area contributed by atoms with Gasteiger partial charge in [-0.05, 0) is 6.07 Å². The Kier molecular flexibility index (Phi) is 4.30. The Hall–Kier alpha value is -1.75. The molecule has 0 aliphatic rings. The molecule has 0 radical (unpaired) electrons. The molecule has 0 aromatic carbocycles. The Labute approximate surface area is 82.0 Å². The summed E-state index contributed by atoms with van der Waals surface area (Å²) in [6.45, 7) is 0.949. The normalized spacial score (nSPS) is 10.4. The number of aromatic nitrogens is 2. The second-order valence-electron chi connectivity index (χ2n) is 2.55. The van der Waals surface area contributed by atoms with Gasteiger partial charge in [-0.1, -0.05) is 12.2 Å². The van der Waals surface area contributed by atoms with E-state index in [2.05, 4.69) is 15.5 Å². The van der Waals surface area contributed by atoms with Crippen molar-refractivity contribution in [3.8, 4) is 0 Å². The molecule has 0 saturated carbocycles. The average molecular weight is 192 g/mol. The third-order valence-electron chi connectivity index (χ3n) is 1.53. The van der Waals surface area contributed by atoms with Crippen LogP contribution in [0.5, 0.6) is 0 Å². The molecule has 5 heteroatoms. The first kappa shape index (κ1) is 10.3. The highest BCUT2D eigenvalue weighted by atomic mass is 16.1. The predicted octanol–water partition coefficient (Wildman–Crippen LogP) is -0.279. The van der Waals surface area contributed by atoms with E-state index in [1.807, 2.05) is 0 Å². The van der Waals surface area contributed by atoms with Crippen LogP contribution in [0, 0.1) is 0 Å². The summed E-state index contributed by atoms with van der Waals surface area (Å²) >= 11 is 0. The van der Waals surface area contributed by atoms with Gasteiger partial charge >= 0.3 is 0 Å². The van der Waals surface area contributed by atoms with E-state index >= 15 is 0 Å². The van der Waals surface area contributed by atoms with E-state index in [1.165, 1.54) is 12.4 Å². The second kappa shape index (κ2) is 5.82. The average Bonchev–Trinajstić information content (AvgIpc) is 2.25. The first-order valence-corrected chi connectivity index (χ1v) is 4.24. The maximum Gasteiger partial charge on any atom is 0.253 e. The van der Waals surface area contributed by atoms with Gasteiger partial charge < -0.3 is 11.1 Å². The number of carbonyl (C=O) groups is 1. The van der Waals surface area contributed by atoms with Crippen LogP contribution < -0.4 is 11.1 Å². The first-order chi connectivity index (χ1) is 6.84. The standard InChI is InChI=1S/C9H12N4O/c10-4-1-2-5-11-9(14)8-3-6-12-13-7-8/h1-3,6-7H,4-5,10H2,(H,11,14)/b2-1+. The molecular weight excluding hydrogens is 180 g/mol. The lowest BCUT2D eigenvalue weighted by Gasteiger charge is -2.00. The van der Waals surface area contributed by atoms with Crippen LogP contribution in [-0.2, 0) is 0 Å². The maximum absolute atomic E-state index is 11.4. The fraction of sp³-hybridized carbons (Fsp3) is 0.222. The minimum atomic E-state index is -0.165. The Morgan fingerprint density at radius 2 is 2.36 bits per heavy atom. The van der Waals surface area contributed by atoms with Crippen molar-refractivity contribution < 1.29 is 4.79 Å². The number of hydrogen-bond acceptors (Lipinski definition) is 4. The van der Waals surface area contributed by atoms with Crippen LogP contribution in [0.3, 0.4) is 0 Å². The summed E-state index contributed by atoms with van der Waals surface area (Å²) in [5.74, 6) is -0.165. The lowest BCUT2D eigenvalue weighted by Crippen LogP contribution is -2.23. The van der Waals surface area contributed by atoms with Crippen molar-refractivity contribution in [3.05, 3.63) is 36.2 Å². The summed E-state index contributed by atoms with van der Waals surface area (Å²) in [7, 11) is 0. The zero-order valence-electron chi connectivity index (χ0n) is 7.68. The topological polar surface area (TPSA) is 80.9 Å². The Balaban J connectivity index is 2.40. The van der Waals surface area contributed by atoms with E-state index in [-0.39, 0.29) is 5.91 Å². The van der Waals surface area contributed by atoms with E-state index in [0.29, 0.717) is 18.7 Å². The fourth-order valence-corrected chi connectivity index (χ4v) is 0.858. The molecule has 3 N–H and O–H groups in total. The first-order valence-electron chi connectivity index (χ1n) is 4.24. The van der Waals surface area contributed by atoms with Crippen molar-refractivity contribution in [3.63, 3.8) is 0 Å². The largest absolute Gasteiger partial charge is 0.349 e. The summed E-state index contributed by atoms with van der Waals surface area (Å²) in [4.78, 5) is 11.4. The lowest BCUT2D eigenvalue weighted by atomic mass is 10.3. The van der Waals surface area contributed by atoms with Crippen LogP contribution in [0.4, 0.5) is 0 Å². The highest BCUT2D eigenvalue weighted by molar-refractivity contribution is 5.93. The van der Waals surface area contributed by atoms with E-state index in [1.54, 1.807) is 18.2 Å². The molecule has 0 unspecified atom stereocenters. The van der Waals surface area contributed by atoms with Crippen LogP contribution in [-0.4, -0.2) is 29.2 Å². The Bertz CT molecular complexity index is 310. The molecule has 0 fully saturated rings. The van der Waals surface area contributed by atoms with Crippen molar-refractivity contribution in [1.29, 1.82) is 0 Å². The molecule has 1 heterocycles. The molecule has 1 rings (SSSR count). The zero-order valence-corrected chi connectivity index (χ0v) is 7.68. The summed E-state index contributed by atoms with van der Waals surface area (Å²) < 4.78 is 0. The number of amides is 1. The van der Waals surface area contributed by atoms with Gasteiger partial charge in [0, 0.05) is 13.1 Å². The van der Waals surface area contributed by atoms with Gasteiger partial charge in [-0.25, -0.2) is 0 Å². The van der Waals surface area contributed by atoms with Crippen molar-refractivity contribution in [2.24, 2.45) is 5.73 Å². The molecule has 0 saturated heterocycles. The van der Waals surface area contributed by atoms with Gasteiger partial charge in [0.05, 0.1) is 18.0 Å². The lowest BCUT2D eigenvalue weighted by molar-refractivity contribution is 0.0957. The Morgan fingerprint density at radius 3 is 3.00 bits per heavy atom. The fourth-order valence-electron chi connectivity index (χ4n) is 0.858. The SMILES string of the molecule is NC/C=C/CNC(=O)c1ccnnc1. The molecule has 74 valence electrons. The Morgan fingerprint density at radius 1 is 1.50 bits per heavy atom. The minimum Gasteiger partial charge on any atom is -0.349 e. The van der Waals surface area contributed by atoms with Crippen molar-refractivity contribution in [1.82, 2.24) is 15.5 Å². The quantitative estimate of drug-likeness (QED) is 0.643. The molecule has 0 aliphatic heterocycles. The van der Waals surface area contributed by atoms with Crippen LogP contribution in [0.1, 0.15) is 10.4 Å². The van der Waals surface area contributed by atoms with Crippen molar-refractivity contribution in [2.75, 3.05) is 13.1 Å². The summed E-state index contributed by atoms with van der Waals surface area (Å²) in [6.07, 6.45) is 6.48. The highest BCUT2D eigenvalue weighted by Gasteiger charge is 2.02. The van der Waals surface area contributed by atoms with Crippen LogP contribution in [0.15, 0.2) is 30.6 Å². The zero-order chi connectivity index (χ0) is 10.2. The van der Waals surface area contributed by atoms with E-state index in [0.717, 1.165) is 0 Å². The third-order valence-corrected chi connectivity index (χ3v) is 1.53. The van der Waals surface area contributed by atoms with E-state index in [9.17, 15) is 4.79 Å². The number of rotatable bonds is 4. The van der Waals surface area contributed by atoms with Gasteiger partial charge in [0.15, 0.2) is 0 Å². The van der Waals surface area contributed by atoms with Crippen LogP contribution >= 0.6 is 0 Å². The number of nitrogens with zero attached hydrogens (tertiary/aromatic N) is 2. The van der Waals surface area contributed by atoms with Crippen LogP contribution in [0.2, 0.25) is 0 Å². The maximum atomic E-state index is 11.4.